The summed E-state index contributed by atoms with van der Waals surface area (Å²) in [6.07, 6.45) is -2.20. The van der Waals surface area contributed by atoms with Gasteiger partial charge in [-0.25, -0.2) is 4.79 Å². The summed E-state index contributed by atoms with van der Waals surface area (Å²) in [7, 11) is 1.58. The number of ether oxygens (including phenoxy) is 2. The van der Waals surface area contributed by atoms with Gasteiger partial charge in [0.05, 0.1) is 6.61 Å². The molecule has 0 aliphatic carbocycles. The minimum Gasteiger partial charge on any atom is -0.361 e. The molecule has 1 saturated heterocycles. The van der Waals surface area contributed by atoms with Crippen molar-refractivity contribution in [3.05, 3.63) is 0 Å². The molecule has 1 fully saturated rings. The van der Waals surface area contributed by atoms with Crippen LogP contribution < -0.4 is 0 Å². The van der Waals surface area contributed by atoms with E-state index in [9.17, 15) is 18.0 Å². The van der Waals surface area contributed by atoms with Crippen LogP contribution in [0, 0.1) is 5.92 Å². The highest BCUT2D eigenvalue weighted by molar-refractivity contribution is 5.75. The van der Waals surface area contributed by atoms with E-state index in [4.69, 9.17) is 9.47 Å². The van der Waals surface area contributed by atoms with Crippen LogP contribution in [0.25, 0.3) is 0 Å². The second-order valence-electron chi connectivity index (χ2n) is 5.04. The lowest BCUT2D eigenvalue weighted by atomic mass is 9.99. The molecule has 1 rings (SSSR count). The molecule has 0 radical (unpaired) electrons. The number of hydrogen-bond donors (Lipinski definition) is 0. The van der Waals surface area contributed by atoms with E-state index in [1.807, 2.05) is 6.92 Å². The Bertz CT molecular complexity index is 317. The van der Waals surface area contributed by atoms with Crippen molar-refractivity contribution in [2.24, 2.45) is 5.92 Å². The first kappa shape index (κ1) is 18.2. The van der Waals surface area contributed by atoms with E-state index in [0.29, 0.717) is 19.4 Å². The fourth-order valence-electron chi connectivity index (χ4n) is 2.08. The van der Waals surface area contributed by atoms with E-state index >= 15 is 0 Å². The van der Waals surface area contributed by atoms with E-state index in [-0.39, 0.29) is 25.3 Å². The Morgan fingerprint density at radius 3 is 2.43 bits per heavy atom. The number of alkyl halides is 3. The van der Waals surface area contributed by atoms with E-state index in [0.717, 1.165) is 17.9 Å². The quantitative estimate of drug-likeness (QED) is 0.676. The molecule has 1 aliphatic rings. The summed E-state index contributed by atoms with van der Waals surface area (Å²) in [5.74, 6) is -1.93. The Kier molecular flexibility index (Phi) is 7.41. The average molecular weight is 313 g/mol. The molecule has 0 spiro atoms. The fourth-order valence-corrected chi connectivity index (χ4v) is 2.08. The number of methoxy groups -OCH3 is 1. The smallest absolute Gasteiger partial charge is 0.361 e. The van der Waals surface area contributed by atoms with Crippen LogP contribution in [0.4, 0.5) is 13.2 Å². The van der Waals surface area contributed by atoms with Crippen molar-refractivity contribution in [1.82, 2.24) is 5.06 Å². The molecular weight excluding hydrogens is 291 g/mol. The highest BCUT2D eigenvalue weighted by atomic mass is 19.4. The Morgan fingerprint density at radius 1 is 1.33 bits per heavy atom. The maximum atomic E-state index is 12.1. The third kappa shape index (κ3) is 6.62. The molecule has 0 aromatic rings. The molecule has 21 heavy (non-hydrogen) atoms. The first-order chi connectivity index (χ1) is 9.86. The SMILES string of the molecule is CCCC(OC)OCC1CCN(OC(=O)C(F)(F)F)CC1. The zero-order valence-corrected chi connectivity index (χ0v) is 12.3. The van der Waals surface area contributed by atoms with Crippen molar-refractivity contribution < 1.29 is 32.3 Å². The molecule has 1 atom stereocenters. The van der Waals surface area contributed by atoms with Gasteiger partial charge in [-0.1, -0.05) is 13.3 Å². The summed E-state index contributed by atoms with van der Waals surface area (Å²) in [5, 5.41) is 1.06. The topological polar surface area (TPSA) is 48.0 Å². The first-order valence-corrected chi connectivity index (χ1v) is 7.05. The van der Waals surface area contributed by atoms with Crippen LogP contribution in [-0.2, 0) is 19.1 Å². The van der Waals surface area contributed by atoms with Crippen LogP contribution in [0.1, 0.15) is 32.6 Å². The van der Waals surface area contributed by atoms with E-state index < -0.39 is 12.1 Å². The molecule has 0 aromatic carbocycles. The minimum atomic E-state index is -4.95. The number of hydrogen-bond acceptors (Lipinski definition) is 5. The Labute approximate surface area is 122 Å². The van der Waals surface area contributed by atoms with Gasteiger partial charge in [0, 0.05) is 20.2 Å². The van der Waals surface area contributed by atoms with Crippen molar-refractivity contribution in [3.63, 3.8) is 0 Å². The Morgan fingerprint density at radius 2 is 1.95 bits per heavy atom. The third-order valence-corrected chi connectivity index (χ3v) is 3.32. The summed E-state index contributed by atoms with van der Waals surface area (Å²) in [5.41, 5.74) is 0. The molecule has 1 heterocycles. The highest BCUT2D eigenvalue weighted by Crippen LogP contribution is 2.22. The highest BCUT2D eigenvalue weighted by Gasteiger charge is 2.42. The molecule has 1 unspecified atom stereocenters. The van der Waals surface area contributed by atoms with Gasteiger partial charge in [-0.2, -0.15) is 13.2 Å². The first-order valence-electron chi connectivity index (χ1n) is 7.05. The van der Waals surface area contributed by atoms with Gasteiger partial charge < -0.3 is 14.3 Å². The standard InChI is InChI=1S/C13H22F3NO4/c1-3-4-11(19-2)20-9-10-5-7-17(8-6-10)21-12(18)13(14,15)16/h10-11H,3-9H2,1-2H3. The maximum absolute atomic E-state index is 12.1. The third-order valence-electron chi connectivity index (χ3n) is 3.32. The second kappa shape index (κ2) is 8.55. The summed E-state index contributed by atoms with van der Waals surface area (Å²) in [6.45, 7) is 3.09. The molecule has 0 saturated carbocycles. The van der Waals surface area contributed by atoms with Crippen LogP contribution in [0.2, 0.25) is 0 Å². The normalized spacial score (nSPS) is 19.5. The van der Waals surface area contributed by atoms with Crippen molar-refractivity contribution in [2.75, 3.05) is 26.8 Å². The number of nitrogens with zero attached hydrogens (tertiary/aromatic N) is 1. The van der Waals surface area contributed by atoms with Gasteiger partial charge >= 0.3 is 12.1 Å². The Balaban J connectivity index is 2.24. The minimum absolute atomic E-state index is 0.236. The number of hydroxylamine groups is 2. The predicted molar refractivity (Wildman–Crippen MR) is 68.1 cm³/mol. The van der Waals surface area contributed by atoms with E-state index in [2.05, 4.69) is 4.84 Å². The molecule has 0 amide bonds. The number of rotatable bonds is 7. The van der Waals surface area contributed by atoms with Crippen LogP contribution >= 0.6 is 0 Å². The summed E-state index contributed by atoms with van der Waals surface area (Å²) in [6, 6.07) is 0. The largest absolute Gasteiger partial charge is 0.492 e. The molecule has 0 bridgehead atoms. The van der Waals surface area contributed by atoms with Gasteiger partial charge in [-0.3, -0.25) is 0 Å². The van der Waals surface area contributed by atoms with E-state index in [1.165, 1.54) is 0 Å². The molecule has 0 N–H and O–H groups in total. The number of halogens is 3. The van der Waals surface area contributed by atoms with E-state index in [1.54, 1.807) is 7.11 Å². The zero-order chi connectivity index (χ0) is 15.9. The molecule has 1 aliphatic heterocycles. The Hall–Kier alpha value is -0.860. The summed E-state index contributed by atoms with van der Waals surface area (Å²) < 4.78 is 47.0. The summed E-state index contributed by atoms with van der Waals surface area (Å²) in [4.78, 5) is 15.0. The molecule has 8 heteroatoms. The van der Waals surface area contributed by atoms with Crippen LogP contribution in [0.5, 0.6) is 0 Å². The lowest BCUT2D eigenvalue weighted by molar-refractivity contribution is -0.243. The lowest BCUT2D eigenvalue weighted by Crippen LogP contribution is -2.40. The zero-order valence-electron chi connectivity index (χ0n) is 12.3. The van der Waals surface area contributed by atoms with Crippen molar-refractivity contribution in [1.29, 1.82) is 0 Å². The maximum Gasteiger partial charge on any atom is 0.492 e. The number of piperidine rings is 1. The van der Waals surface area contributed by atoms with Gasteiger partial charge in [0.1, 0.15) is 0 Å². The van der Waals surface area contributed by atoms with Gasteiger partial charge in [0.15, 0.2) is 6.29 Å². The van der Waals surface area contributed by atoms with Gasteiger partial charge in [-0.05, 0) is 25.2 Å². The fraction of sp³-hybridized carbons (Fsp3) is 0.923. The molecule has 0 aromatic heterocycles. The van der Waals surface area contributed by atoms with Crippen LogP contribution in [-0.4, -0.2) is 50.3 Å². The predicted octanol–water partition coefficient (Wildman–Crippen LogP) is 2.51. The number of carbonyl (C=O) groups excluding carboxylic acids is 1. The average Bonchev–Trinajstić information content (AvgIpc) is 2.44. The monoisotopic (exact) mass is 313 g/mol. The lowest BCUT2D eigenvalue weighted by Gasteiger charge is -2.31. The van der Waals surface area contributed by atoms with Gasteiger partial charge in [0.25, 0.3) is 0 Å². The number of carbonyl (C=O) groups is 1. The summed E-state index contributed by atoms with van der Waals surface area (Å²) >= 11 is 0. The van der Waals surface area contributed by atoms with Gasteiger partial charge in [0.2, 0.25) is 0 Å². The van der Waals surface area contributed by atoms with Crippen LogP contribution in [0.15, 0.2) is 0 Å². The van der Waals surface area contributed by atoms with Crippen molar-refractivity contribution in [3.8, 4) is 0 Å². The van der Waals surface area contributed by atoms with Gasteiger partial charge in [-0.15, -0.1) is 5.06 Å². The van der Waals surface area contributed by atoms with Crippen molar-refractivity contribution in [2.45, 2.75) is 45.1 Å². The van der Waals surface area contributed by atoms with Crippen molar-refractivity contribution >= 4 is 5.97 Å². The second-order valence-corrected chi connectivity index (χ2v) is 5.04. The van der Waals surface area contributed by atoms with Crippen LogP contribution in [0.3, 0.4) is 0 Å². The molecule has 124 valence electrons. The molecular formula is C13H22F3NO4. The molecule has 5 nitrogen and oxygen atoms in total.